The maximum absolute atomic E-state index is 12.4. The Balaban J connectivity index is 1.66. The van der Waals surface area contributed by atoms with Gasteiger partial charge in [-0.15, -0.1) is 0 Å². The van der Waals surface area contributed by atoms with Gasteiger partial charge in [0.25, 0.3) is 0 Å². The minimum atomic E-state index is -0.856. The molecule has 130 valence electrons. The monoisotopic (exact) mass is 356 g/mol. The van der Waals surface area contributed by atoms with E-state index in [-0.39, 0.29) is 12.5 Å². The van der Waals surface area contributed by atoms with Gasteiger partial charge in [0.2, 0.25) is 5.91 Å². The lowest BCUT2D eigenvalue weighted by molar-refractivity contribution is -0.142. The van der Waals surface area contributed by atoms with Crippen LogP contribution in [0.25, 0.3) is 0 Å². The SMILES string of the molecule is O=C(CN1CCC[C@H]1C(=O)O)Nc1ccccc1Sc1ccccc1. The van der Waals surface area contributed by atoms with Crippen molar-refractivity contribution >= 4 is 29.3 Å². The number of likely N-dealkylation sites (tertiary alicyclic amines) is 1. The van der Waals surface area contributed by atoms with Gasteiger partial charge in [0.15, 0.2) is 0 Å². The number of carboxylic acid groups (broad SMARTS) is 1. The van der Waals surface area contributed by atoms with Crippen molar-refractivity contribution in [2.24, 2.45) is 0 Å². The number of anilines is 1. The predicted octanol–water partition coefficient (Wildman–Crippen LogP) is 3.33. The third kappa shape index (κ3) is 4.61. The molecule has 2 aromatic rings. The normalized spacial score (nSPS) is 17.4. The van der Waals surface area contributed by atoms with Crippen molar-refractivity contribution in [3.63, 3.8) is 0 Å². The van der Waals surface area contributed by atoms with Gasteiger partial charge in [0, 0.05) is 9.79 Å². The number of nitrogens with one attached hydrogen (secondary N) is 1. The zero-order valence-electron chi connectivity index (χ0n) is 13.7. The molecule has 1 fully saturated rings. The summed E-state index contributed by atoms with van der Waals surface area (Å²) in [5.41, 5.74) is 0.743. The molecule has 0 saturated carbocycles. The summed E-state index contributed by atoms with van der Waals surface area (Å²) in [5.74, 6) is -1.04. The summed E-state index contributed by atoms with van der Waals surface area (Å²) in [7, 11) is 0. The summed E-state index contributed by atoms with van der Waals surface area (Å²) in [6.45, 7) is 0.742. The lowest BCUT2D eigenvalue weighted by Crippen LogP contribution is -2.40. The third-order valence-electron chi connectivity index (χ3n) is 4.13. The molecule has 0 aliphatic carbocycles. The van der Waals surface area contributed by atoms with Gasteiger partial charge in [0.05, 0.1) is 12.2 Å². The van der Waals surface area contributed by atoms with Crippen LogP contribution in [0.5, 0.6) is 0 Å². The van der Waals surface area contributed by atoms with Crippen LogP contribution in [0.3, 0.4) is 0 Å². The number of carboxylic acids is 1. The van der Waals surface area contributed by atoms with Crippen molar-refractivity contribution in [3.05, 3.63) is 54.6 Å². The number of carbonyl (C=O) groups excluding carboxylic acids is 1. The minimum absolute atomic E-state index is 0.0985. The molecule has 1 heterocycles. The first kappa shape index (κ1) is 17.5. The first-order valence-electron chi connectivity index (χ1n) is 8.22. The molecule has 25 heavy (non-hydrogen) atoms. The second-order valence-corrected chi connectivity index (χ2v) is 7.04. The van der Waals surface area contributed by atoms with Gasteiger partial charge < -0.3 is 10.4 Å². The summed E-state index contributed by atoms with van der Waals surface area (Å²) in [6.07, 6.45) is 1.41. The fourth-order valence-electron chi connectivity index (χ4n) is 2.94. The van der Waals surface area contributed by atoms with Crippen molar-refractivity contribution in [2.45, 2.75) is 28.7 Å². The molecule has 0 aromatic heterocycles. The average Bonchev–Trinajstić information content (AvgIpc) is 3.06. The number of hydrogen-bond donors (Lipinski definition) is 2. The summed E-state index contributed by atoms with van der Waals surface area (Å²) < 4.78 is 0. The zero-order valence-corrected chi connectivity index (χ0v) is 14.5. The highest BCUT2D eigenvalue weighted by molar-refractivity contribution is 7.99. The Morgan fingerprint density at radius 1 is 1.12 bits per heavy atom. The van der Waals surface area contributed by atoms with Gasteiger partial charge in [0.1, 0.15) is 6.04 Å². The summed E-state index contributed by atoms with van der Waals surface area (Å²) >= 11 is 1.58. The number of aliphatic carboxylic acids is 1. The molecule has 3 rings (SSSR count). The zero-order chi connectivity index (χ0) is 17.6. The molecule has 5 nitrogen and oxygen atoms in total. The number of amides is 1. The molecule has 1 aliphatic heterocycles. The number of benzene rings is 2. The van der Waals surface area contributed by atoms with E-state index >= 15 is 0 Å². The van der Waals surface area contributed by atoms with Crippen molar-refractivity contribution in [1.29, 1.82) is 0 Å². The Kier molecular flexibility index (Phi) is 5.73. The fourth-order valence-corrected chi connectivity index (χ4v) is 3.87. The fraction of sp³-hybridized carbons (Fsp3) is 0.263. The maximum atomic E-state index is 12.4. The molecule has 1 amide bonds. The molecule has 6 heteroatoms. The standard InChI is InChI=1S/C19H20N2O3S/c22-18(13-21-12-6-10-16(21)19(23)24)20-15-9-4-5-11-17(15)25-14-7-2-1-3-8-14/h1-5,7-9,11,16H,6,10,12-13H2,(H,20,22)(H,23,24)/t16-/m0/s1. The smallest absolute Gasteiger partial charge is 0.320 e. The van der Waals surface area contributed by atoms with Crippen molar-refractivity contribution < 1.29 is 14.7 Å². The van der Waals surface area contributed by atoms with E-state index in [1.165, 1.54) is 0 Å². The molecule has 0 radical (unpaired) electrons. The van der Waals surface area contributed by atoms with E-state index in [4.69, 9.17) is 0 Å². The van der Waals surface area contributed by atoms with E-state index in [0.29, 0.717) is 13.0 Å². The Bertz CT molecular complexity index is 751. The number of hydrogen-bond acceptors (Lipinski definition) is 4. The van der Waals surface area contributed by atoms with Crippen LogP contribution in [-0.2, 0) is 9.59 Å². The van der Waals surface area contributed by atoms with E-state index in [2.05, 4.69) is 5.32 Å². The van der Waals surface area contributed by atoms with Gasteiger partial charge in [-0.05, 0) is 43.7 Å². The van der Waals surface area contributed by atoms with Gasteiger partial charge in [-0.1, -0.05) is 42.1 Å². The summed E-state index contributed by atoms with van der Waals surface area (Å²) in [4.78, 5) is 27.4. The molecule has 2 aromatic carbocycles. The third-order valence-corrected chi connectivity index (χ3v) is 5.21. The Hall–Kier alpha value is -2.31. The van der Waals surface area contributed by atoms with Crippen molar-refractivity contribution in [3.8, 4) is 0 Å². The summed E-state index contributed by atoms with van der Waals surface area (Å²) in [6, 6.07) is 17.0. The Morgan fingerprint density at radius 2 is 1.84 bits per heavy atom. The molecular weight excluding hydrogens is 336 g/mol. The minimum Gasteiger partial charge on any atom is -0.480 e. The maximum Gasteiger partial charge on any atom is 0.320 e. The lowest BCUT2D eigenvalue weighted by atomic mass is 10.2. The average molecular weight is 356 g/mol. The second-order valence-electron chi connectivity index (χ2n) is 5.93. The van der Waals surface area contributed by atoms with Crippen LogP contribution >= 0.6 is 11.8 Å². The highest BCUT2D eigenvalue weighted by Gasteiger charge is 2.31. The van der Waals surface area contributed by atoms with E-state index in [9.17, 15) is 14.7 Å². The highest BCUT2D eigenvalue weighted by Crippen LogP contribution is 2.33. The van der Waals surface area contributed by atoms with Crippen LogP contribution in [0.1, 0.15) is 12.8 Å². The summed E-state index contributed by atoms with van der Waals surface area (Å²) in [5, 5.41) is 12.1. The first-order chi connectivity index (χ1) is 12.1. The quantitative estimate of drug-likeness (QED) is 0.831. The van der Waals surface area contributed by atoms with E-state index in [0.717, 1.165) is 21.9 Å². The van der Waals surface area contributed by atoms with Gasteiger partial charge >= 0.3 is 5.97 Å². The highest BCUT2D eigenvalue weighted by atomic mass is 32.2. The molecule has 0 unspecified atom stereocenters. The molecule has 0 spiro atoms. The van der Waals surface area contributed by atoms with Crippen LogP contribution in [0.4, 0.5) is 5.69 Å². The molecule has 1 aliphatic rings. The van der Waals surface area contributed by atoms with Crippen LogP contribution in [0.15, 0.2) is 64.4 Å². The second kappa shape index (κ2) is 8.18. The molecular formula is C19H20N2O3S. The van der Waals surface area contributed by atoms with Gasteiger partial charge in [-0.2, -0.15) is 0 Å². The lowest BCUT2D eigenvalue weighted by Gasteiger charge is -2.20. The van der Waals surface area contributed by atoms with E-state index in [1.54, 1.807) is 16.7 Å². The Morgan fingerprint density at radius 3 is 2.60 bits per heavy atom. The van der Waals surface area contributed by atoms with Crippen LogP contribution in [0.2, 0.25) is 0 Å². The molecule has 1 atom stereocenters. The molecule has 0 bridgehead atoms. The topological polar surface area (TPSA) is 69.6 Å². The number of carbonyl (C=O) groups is 2. The molecule has 1 saturated heterocycles. The number of nitrogens with zero attached hydrogens (tertiary/aromatic N) is 1. The number of rotatable bonds is 6. The van der Waals surface area contributed by atoms with Gasteiger partial charge in [-0.25, -0.2) is 0 Å². The van der Waals surface area contributed by atoms with E-state index in [1.807, 2.05) is 54.6 Å². The number of para-hydroxylation sites is 1. The first-order valence-corrected chi connectivity index (χ1v) is 9.04. The van der Waals surface area contributed by atoms with Crippen molar-refractivity contribution in [2.75, 3.05) is 18.4 Å². The molecule has 2 N–H and O–H groups in total. The van der Waals surface area contributed by atoms with Crippen LogP contribution in [-0.4, -0.2) is 41.0 Å². The van der Waals surface area contributed by atoms with Crippen LogP contribution in [0, 0.1) is 0 Å². The van der Waals surface area contributed by atoms with Gasteiger partial charge in [-0.3, -0.25) is 14.5 Å². The van der Waals surface area contributed by atoms with E-state index < -0.39 is 12.0 Å². The van der Waals surface area contributed by atoms with Crippen LogP contribution < -0.4 is 5.32 Å². The largest absolute Gasteiger partial charge is 0.480 e. The predicted molar refractivity (Wildman–Crippen MR) is 97.9 cm³/mol. The van der Waals surface area contributed by atoms with Crippen molar-refractivity contribution in [1.82, 2.24) is 4.90 Å². The Labute approximate surface area is 151 Å².